The van der Waals surface area contributed by atoms with Gasteiger partial charge in [0.05, 0.1) is 29.9 Å². The van der Waals surface area contributed by atoms with E-state index in [0.717, 1.165) is 5.56 Å². The Labute approximate surface area is 70.8 Å². The molecule has 0 radical (unpaired) electrons. The SMILES string of the molecule is N#CCC#Cc1ccncc1N. The van der Waals surface area contributed by atoms with Gasteiger partial charge in [-0.3, -0.25) is 4.98 Å². The van der Waals surface area contributed by atoms with Crippen LogP contribution in [0.4, 0.5) is 5.69 Å². The van der Waals surface area contributed by atoms with Gasteiger partial charge in [0.25, 0.3) is 0 Å². The lowest BCUT2D eigenvalue weighted by Crippen LogP contribution is -1.90. The molecule has 0 aliphatic carbocycles. The van der Waals surface area contributed by atoms with Crippen LogP contribution in [0.1, 0.15) is 12.0 Å². The molecule has 0 saturated heterocycles. The average molecular weight is 157 g/mol. The van der Waals surface area contributed by atoms with Gasteiger partial charge in [-0.2, -0.15) is 5.26 Å². The van der Waals surface area contributed by atoms with E-state index in [0.29, 0.717) is 5.69 Å². The van der Waals surface area contributed by atoms with Crippen LogP contribution in [0.3, 0.4) is 0 Å². The molecular weight excluding hydrogens is 150 g/mol. The van der Waals surface area contributed by atoms with Crippen molar-refractivity contribution in [2.24, 2.45) is 0 Å². The summed E-state index contributed by atoms with van der Waals surface area (Å²) < 4.78 is 0. The number of nitriles is 1. The summed E-state index contributed by atoms with van der Waals surface area (Å²) in [5.41, 5.74) is 6.82. The van der Waals surface area contributed by atoms with Crippen LogP contribution in [-0.4, -0.2) is 4.98 Å². The number of aromatic nitrogens is 1. The van der Waals surface area contributed by atoms with Crippen LogP contribution in [-0.2, 0) is 0 Å². The van der Waals surface area contributed by atoms with Gasteiger partial charge >= 0.3 is 0 Å². The maximum absolute atomic E-state index is 8.22. The van der Waals surface area contributed by atoms with Crippen molar-refractivity contribution < 1.29 is 0 Å². The van der Waals surface area contributed by atoms with Crippen LogP contribution in [0, 0.1) is 23.2 Å². The molecule has 0 unspecified atom stereocenters. The van der Waals surface area contributed by atoms with Crippen LogP contribution in [0.5, 0.6) is 0 Å². The van der Waals surface area contributed by atoms with E-state index in [1.165, 1.54) is 6.20 Å². The minimum Gasteiger partial charge on any atom is -0.396 e. The first-order chi connectivity index (χ1) is 5.84. The number of hydrogen-bond acceptors (Lipinski definition) is 3. The zero-order valence-corrected chi connectivity index (χ0v) is 6.41. The summed E-state index contributed by atoms with van der Waals surface area (Å²) >= 11 is 0. The minimum atomic E-state index is 0.224. The van der Waals surface area contributed by atoms with Gasteiger partial charge in [0.2, 0.25) is 0 Å². The van der Waals surface area contributed by atoms with Crippen LogP contribution in [0.15, 0.2) is 18.5 Å². The lowest BCUT2D eigenvalue weighted by atomic mass is 10.2. The first kappa shape index (κ1) is 8.10. The molecule has 0 aliphatic heterocycles. The van der Waals surface area contributed by atoms with Crippen molar-refractivity contribution in [2.45, 2.75) is 6.42 Å². The Morgan fingerprint density at radius 3 is 3.08 bits per heavy atom. The maximum atomic E-state index is 8.22. The second kappa shape index (κ2) is 4.00. The largest absolute Gasteiger partial charge is 0.396 e. The van der Waals surface area contributed by atoms with Crippen LogP contribution in [0.2, 0.25) is 0 Å². The summed E-state index contributed by atoms with van der Waals surface area (Å²) in [5.74, 6) is 5.45. The van der Waals surface area contributed by atoms with Gasteiger partial charge in [-0.1, -0.05) is 11.8 Å². The van der Waals surface area contributed by atoms with Gasteiger partial charge < -0.3 is 5.73 Å². The third-order valence-electron chi connectivity index (χ3n) is 1.24. The smallest absolute Gasteiger partial charge is 0.0966 e. The molecule has 1 heterocycles. The zero-order chi connectivity index (χ0) is 8.81. The first-order valence-electron chi connectivity index (χ1n) is 3.40. The highest BCUT2D eigenvalue weighted by Crippen LogP contribution is 2.05. The Kier molecular flexibility index (Phi) is 2.70. The van der Waals surface area contributed by atoms with Gasteiger partial charge in [0.1, 0.15) is 0 Å². The molecule has 3 nitrogen and oxygen atoms in total. The molecule has 1 aromatic rings. The fourth-order valence-corrected chi connectivity index (χ4v) is 0.699. The fraction of sp³-hybridized carbons (Fsp3) is 0.111. The maximum Gasteiger partial charge on any atom is 0.0966 e. The predicted octanol–water partition coefficient (Wildman–Crippen LogP) is 0.929. The van der Waals surface area contributed by atoms with Gasteiger partial charge in [-0.15, -0.1) is 0 Å². The van der Waals surface area contributed by atoms with Crippen LogP contribution < -0.4 is 5.73 Å². The molecule has 3 heteroatoms. The Balaban J connectivity index is 2.86. The predicted molar refractivity (Wildman–Crippen MR) is 45.8 cm³/mol. The number of nitrogens with zero attached hydrogens (tertiary/aromatic N) is 2. The fourth-order valence-electron chi connectivity index (χ4n) is 0.699. The molecule has 1 rings (SSSR count). The minimum absolute atomic E-state index is 0.224. The van der Waals surface area contributed by atoms with Gasteiger partial charge in [-0.25, -0.2) is 0 Å². The summed E-state index contributed by atoms with van der Waals surface area (Å²) in [7, 11) is 0. The average Bonchev–Trinajstić information content (AvgIpc) is 2.09. The number of anilines is 1. The number of pyridine rings is 1. The third kappa shape index (κ3) is 2.00. The number of nitrogens with two attached hydrogens (primary N) is 1. The van der Waals surface area contributed by atoms with Crippen LogP contribution >= 0.6 is 0 Å². The number of hydrogen-bond donors (Lipinski definition) is 1. The quantitative estimate of drug-likeness (QED) is 0.570. The molecule has 0 saturated carbocycles. The molecule has 58 valence electrons. The van der Waals surface area contributed by atoms with Gasteiger partial charge in [-0.05, 0) is 6.07 Å². The molecule has 2 N–H and O–H groups in total. The van der Waals surface area contributed by atoms with Crippen molar-refractivity contribution in [3.63, 3.8) is 0 Å². The Bertz CT molecular complexity index is 365. The standard InChI is InChI=1S/C9H7N3/c10-5-2-1-3-8-4-6-12-7-9(8)11/h4,6-7H,2,11H2. The summed E-state index contributed by atoms with van der Waals surface area (Å²) in [4.78, 5) is 3.82. The van der Waals surface area contributed by atoms with E-state index in [1.807, 2.05) is 6.07 Å². The van der Waals surface area contributed by atoms with Crippen molar-refractivity contribution >= 4 is 5.69 Å². The molecular formula is C9H7N3. The van der Waals surface area contributed by atoms with E-state index in [2.05, 4.69) is 16.8 Å². The molecule has 12 heavy (non-hydrogen) atoms. The Hall–Kier alpha value is -2.00. The van der Waals surface area contributed by atoms with E-state index in [4.69, 9.17) is 11.0 Å². The monoisotopic (exact) mass is 157 g/mol. The van der Waals surface area contributed by atoms with Gasteiger partial charge in [0, 0.05) is 6.20 Å². The third-order valence-corrected chi connectivity index (χ3v) is 1.24. The van der Waals surface area contributed by atoms with Gasteiger partial charge in [0.15, 0.2) is 0 Å². The lowest BCUT2D eigenvalue weighted by molar-refractivity contribution is 1.32. The Morgan fingerprint density at radius 2 is 2.42 bits per heavy atom. The normalized spacial score (nSPS) is 7.92. The summed E-state index contributed by atoms with van der Waals surface area (Å²) in [6, 6.07) is 3.65. The summed E-state index contributed by atoms with van der Waals surface area (Å²) in [6.45, 7) is 0. The summed E-state index contributed by atoms with van der Waals surface area (Å²) in [6.07, 6.45) is 3.38. The van der Waals surface area contributed by atoms with E-state index < -0.39 is 0 Å². The van der Waals surface area contributed by atoms with Crippen molar-refractivity contribution in [2.75, 3.05) is 5.73 Å². The number of rotatable bonds is 0. The summed E-state index contributed by atoms with van der Waals surface area (Å²) in [5, 5.41) is 8.22. The number of nitrogen functional groups attached to an aromatic ring is 1. The highest BCUT2D eigenvalue weighted by Gasteiger charge is 1.90. The molecule has 0 amide bonds. The van der Waals surface area contributed by atoms with Crippen molar-refractivity contribution in [1.82, 2.24) is 4.98 Å². The molecule has 0 bridgehead atoms. The highest BCUT2D eigenvalue weighted by molar-refractivity contribution is 5.53. The molecule has 0 aromatic carbocycles. The molecule has 0 atom stereocenters. The molecule has 0 aliphatic rings. The molecule has 1 aromatic heterocycles. The lowest BCUT2D eigenvalue weighted by Gasteiger charge is -1.93. The molecule has 0 fully saturated rings. The van der Waals surface area contributed by atoms with E-state index >= 15 is 0 Å². The van der Waals surface area contributed by atoms with Crippen molar-refractivity contribution in [3.8, 4) is 17.9 Å². The zero-order valence-electron chi connectivity index (χ0n) is 6.41. The van der Waals surface area contributed by atoms with Crippen LogP contribution in [0.25, 0.3) is 0 Å². The molecule has 0 spiro atoms. The van der Waals surface area contributed by atoms with Crippen molar-refractivity contribution in [3.05, 3.63) is 24.0 Å². The van der Waals surface area contributed by atoms with Crippen molar-refractivity contribution in [1.29, 1.82) is 5.26 Å². The van der Waals surface area contributed by atoms with E-state index in [-0.39, 0.29) is 6.42 Å². The second-order valence-electron chi connectivity index (χ2n) is 2.10. The van der Waals surface area contributed by atoms with E-state index in [9.17, 15) is 0 Å². The van der Waals surface area contributed by atoms with E-state index in [1.54, 1.807) is 12.3 Å². The Morgan fingerprint density at radius 1 is 1.58 bits per heavy atom. The topological polar surface area (TPSA) is 62.7 Å². The highest BCUT2D eigenvalue weighted by atomic mass is 14.7. The first-order valence-corrected chi connectivity index (χ1v) is 3.40. The second-order valence-corrected chi connectivity index (χ2v) is 2.10.